The second-order valence-corrected chi connectivity index (χ2v) is 9.96. The largest absolute Gasteiger partial charge is 0.444 e. The van der Waals surface area contributed by atoms with Gasteiger partial charge in [0.2, 0.25) is 5.91 Å². The molecule has 174 valence electrons. The molecule has 2 heterocycles. The quantitative estimate of drug-likeness (QED) is 0.693. The van der Waals surface area contributed by atoms with Gasteiger partial charge in [0, 0.05) is 42.5 Å². The molecule has 0 radical (unpaired) electrons. The van der Waals surface area contributed by atoms with Crippen molar-refractivity contribution < 1.29 is 19.1 Å². The molecule has 0 saturated carbocycles. The van der Waals surface area contributed by atoms with E-state index in [1.165, 1.54) is 4.90 Å². The van der Waals surface area contributed by atoms with Crippen molar-refractivity contribution in [2.75, 3.05) is 26.2 Å². The van der Waals surface area contributed by atoms with Gasteiger partial charge in [-0.15, -0.1) is 0 Å². The molecule has 1 atom stereocenters. The van der Waals surface area contributed by atoms with Gasteiger partial charge in [0.15, 0.2) is 0 Å². The zero-order valence-corrected chi connectivity index (χ0v) is 19.9. The summed E-state index contributed by atoms with van der Waals surface area (Å²) in [6.45, 7) is 15.3. The third-order valence-electron chi connectivity index (χ3n) is 5.91. The zero-order chi connectivity index (χ0) is 23.6. The first-order valence-electron chi connectivity index (χ1n) is 11.4. The SMILES string of the molecule is C=C1c2ccccc2C(=O)N1CC(=O)N1CCCC(CN(C(=O)OC(C)(C)C)C(C)C)C1. The maximum Gasteiger partial charge on any atom is 0.410 e. The predicted octanol–water partition coefficient (Wildman–Crippen LogP) is 4.00. The molecule has 3 rings (SSSR count). The number of nitrogens with zero attached hydrogens (tertiary/aromatic N) is 3. The molecule has 2 aliphatic rings. The fourth-order valence-electron chi connectivity index (χ4n) is 4.27. The van der Waals surface area contributed by atoms with Gasteiger partial charge in [-0.25, -0.2) is 4.79 Å². The van der Waals surface area contributed by atoms with E-state index in [1.54, 1.807) is 11.0 Å². The Morgan fingerprint density at radius 2 is 1.88 bits per heavy atom. The van der Waals surface area contributed by atoms with Crippen molar-refractivity contribution in [1.29, 1.82) is 0 Å². The van der Waals surface area contributed by atoms with Crippen LogP contribution in [0.25, 0.3) is 5.70 Å². The Labute approximate surface area is 191 Å². The molecule has 1 aromatic rings. The van der Waals surface area contributed by atoms with Gasteiger partial charge >= 0.3 is 6.09 Å². The average Bonchev–Trinajstić information content (AvgIpc) is 2.96. The molecule has 3 amide bonds. The van der Waals surface area contributed by atoms with Gasteiger partial charge < -0.3 is 14.5 Å². The minimum atomic E-state index is -0.555. The van der Waals surface area contributed by atoms with Gasteiger partial charge in [0.1, 0.15) is 12.1 Å². The molecule has 0 aliphatic carbocycles. The molecule has 0 N–H and O–H groups in total. The van der Waals surface area contributed by atoms with E-state index >= 15 is 0 Å². The minimum Gasteiger partial charge on any atom is -0.444 e. The van der Waals surface area contributed by atoms with Crippen LogP contribution in [0.1, 0.15) is 63.4 Å². The highest BCUT2D eigenvalue weighted by molar-refractivity contribution is 6.10. The Morgan fingerprint density at radius 3 is 2.47 bits per heavy atom. The molecule has 1 aromatic carbocycles. The van der Waals surface area contributed by atoms with E-state index in [4.69, 9.17) is 4.74 Å². The first-order chi connectivity index (χ1) is 15.0. The van der Waals surface area contributed by atoms with Crippen molar-refractivity contribution in [3.8, 4) is 0 Å². The van der Waals surface area contributed by atoms with Gasteiger partial charge in [0.05, 0.1) is 0 Å². The number of piperidine rings is 1. The van der Waals surface area contributed by atoms with Gasteiger partial charge in [-0.3, -0.25) is 14.5 Å². The summed E-state index contributed by atoms with van der Waals surface area (Å²) >= 11 is 0. The van der Waals surface area contributed by atoms with Gasteiger partial charge in [0.25, 0.3) is 5.91 Å². The first-order valence-corrected chi connectivity index (χ1v) is 11.4. The molecular formula is C25H35N3O4. The number of carbonyl (C=O) groups excluding carboxylic acids is 3. The Kier molecular flexibility index (Phi) is 6.96. The molecule has 7 nitrogen and oxygen atoms in total. The number of hydrogen-bond donors (Lipinski definition) is 0. The molecule has 32 heavy (non-hydrogen) atoms. The Hall–Kier alpha value is -2.83. The van der Waals surface area contributed by atoms with Gasteiger partial charge in [-0.2, -0.15) is 0 Å². The van der Waals surface area contributed by atoms with Crippen molar-refractivity contribution in [2.45, 2.75) is 59.1 Å². The molecule has 1 fully saturated rings. The summed E-state index contributed by atoms with van der Waals surface area (Å²) < 4.78 is 5.57. The number of carbonyl (C=O) groups is 3. The Bertz CT molecular complexity index is 868. The fraction of sp³-hybridized carbons (Fsp3) is 0.560. The molecule has 1 saturated heterocycles. The summed E-state index contributed by atoms with van der Waals surface area (Å²) in [6, 6.07) is 7.30. The summed E-state index contributed by atoms with van der Waals surface area (Å²) in [5.41, 5.74) is 1.39. The van der Waals surface area contributed by atoms with Crippen LogP contribution in [0.3, 0.4) is 0 Å². The van der Waals surface area contributed by atoms with Crippen molar-refractivity contribution in [1.82, 2.24) is 14.7 Å². The van der Waals surface area contributed by atoms with E-state index in [9.17, 15) is 14.4 Å². The lowest BCUT2D eigenvalue weighted by atomic mass is 9.97. The van der Waals surface area contributed by atoms with E-state index in [1.807, 2.05) is 57.7 Å². The number of hydrogen-bond acceptors (Lipinski definition) is 4. The average molecular weight is 442 g/mol. The van der Waals surface area contributed by atoms with Crippen LogP contribution in [0.2, 0.25) is 0 Å². The number of ether oxygens (including phenoxy) is 1. The molecule has 0 spiro atoms. The highest BCUT2D eigenvalue weighted by Crippen LogP contribution is 2.31. The second kappa shape index (κ2) is 9.35. The second-order valence-electron chi connectivity index (χ2n) is 9.96. The Balaban J connectivity index is 1.62. The summed E-state index contributed by atoms with van der Waals surface area (Å²) in [7, 11) is 0. The van der Waals surface area contributed by atoms with Gasteiger partial charge in [-0.1, -0.05) is 24.8 Å². The van der Waals surface area contributed by atoms with Crippen LogP contribution < -0.4 is 0 Å². The number of amides is 3. The first kappa shape index (κ1) is 23.8. The number of likely N-dealkylation sites (tertiary alicyclic amines) is 1. The Morgan fingerprint density at radius 1 is 1.22 bits per heavy atom. The lowest BCUT2D eigenvalue weighted by molar-refractivity contribution is -0.133. The molecule has 1 unspecified atom stereocenters. The zero-order valence-electron chi connectivity index (χ0n) is 19.9. The molecule has 7 heteroatoms. The van der Waals surface area contributed by atoms with Crippen LogP contribution in [0.15, 0.2) is 30.8 Å². The highest BCUT2D eigenvalue weighted by atomic mass is 16.6. The van der Waals surface area contributed by atoms with Crippen molar-refractivity contribution in [3.05, 3.63) is 42.0 Å². The maximum absolute atomic E-state index is 13.1. The summed E-state index contributed by atoms with van der Waals surface area (Å²) in [5.74, 6) is -0.105. The van der Waals surface area contributed by atoms with E-state index in [0.717, 1.165) is 18.4 Å². The topological polar surface area (TPSA) is 70.2 Å². The molecular weight excluding hydrogens is 406 g/mol. The lowest BCUT2D eigenvalue weighted by Crippen LogP contribution is -2.49. The van der Waals surface area contributed by atoms with E-state index < -0.39 is 5.60 Å². The maximum atomic E-state index is 13.1. The van der Waals surface area contributed by atoms with Crippen LogP contribution in [-0.2, 0) is 9.53 Å². The third-order valence-corrected chi connectivity index (χ3v) is 5.91. The number of benzene rings is 1. The summed E-state index contributed by atoms with van der Waals surface area (Å²) in [6.07, 6.45) is 1.48. The van der Waals surface area contributed by atoms with Crippen molar-refractivity contribution in [3.63, 3.8) is 0 Å². The normalized spacial score (nSPS) is 18.8. The monoisotopic (exact) mass is 441 g/mol. The van der Waals surface area contributed by atoms with Gasteiger partial charge in [-0.05, 0) is 59.4 Å². The smallest absolute Gasteiger partial charge is 0.410 e. The standard InChI is InChI=1S/C25H35N3O4/c1-17(2)27(24(31)32-25(4,5)6)15-19-10-9-13-26(14-19)22(29)16-28-18(3)20-11-7-8-12-21(20)23(28)30/h7-8,11-12,17,19H,3,9-10,13-16H2,1-2,4-6H3. The van der Waals surface area contributed by atoms with E-state index in [0.29, 0.717) is 30.9 Å². The number of fused-ring (bicyclic) bond motifs is 1. The number of rotatable bonds is 5. The van der Waals surface area contributed by atoms with Crippen LogP contribution in [0.4, 0.5) is 4.79 Å². The fourth-order valence-corrected chi connectivity index (χ4v) is 4.27. The van der Waals surface area contributed by atoms with E-state index in [2.05, 4.69) is 6.58 Å². The van der Waals surface area contributed by atoms with Crippen molar-refractivity contribution >= 4 is 23.6 Å². The lowest BCUT2D eigenvalue weighted by Gasteiger charge is -2.38. The third kappa shape index (κ3) is 5.31. The van der Waals surface area contributed by atoms with Crippen LogP contribution in [0, 0.1) is 5.92 Å². The molecule has 0 bridgehead atoms. The highest BCUT2D eigenvalue weighted by Gasteiger charge is 2.35. The van der Waals surface area contributed by atoms with E-state index in [-0.39, 0.29) is 36.4 Å². The summed E-state index contributed by atoms with van der Waals surface area (Å²) in [4.78, 5) is 43.5. The van der Waals surface area contributed by atoms with Crippen LogP contribution in [-0.4, -0.2) is 70.4 Å². The van der Waals surface area contributed by atoms with Crippen LogP contribution >= 0.6 is 0 Å². The summed E-state index contributed by atoms with van der Waals surface area (Å²) in [5, 5.41) is 0. The molecule has 0 aromatic heterocycles. The minimum absolute atomic E-state index is 0.0000208. The van der Waals surface area contributed by atoms with Crippen molar-refractivity contribution in [2.24, 2.45) is 5.92 Å². The van der Waals surface area contributed by atoms with Crippen LogP contribution in [0.5, 0.6) is 0 Å². The predicted molar refractivity (Wildman–Crippen MR) is 124 cm³/mol. The molecule has 2 aliphatic heterocycles.